The van der Waals surface area contributed by atoms with E-state index in [-0.39, 0.29) is 18.2 Å². The normalized spacial score (nSPS) is 22.7. The maximum absolute atomic E-state index is 12.5. The highest BCUT2D eigenvalue weighted by atomic mass is 16.6. The third-order valence-electron chi connectivity index (χ3n) is 3.52. The van der Waals surface area contributed by atoms with E-state index >= 15 is 0 Å². The molecule has 0 spiro atoms. The van der Waals surface area contributed by atoms with E-state index in [1.807, 2.05) is 39.0 Å². The van der Waals surface area contributed by atoms with Gasteiger partial charge in [-0.2, -0.15) is 0 Å². The maximum Gasteiger partial charge on any atom is 0.416 e. The van der Waals surface area contributed by atoms with Gasteiger partial charge in [0.2, 0.25) is 0 Å². The van der Waals surface area contributed by atoms with Gasteiger partial charge in [-0.05, 0) is 58.6 Å². The van der Waals surface area contributed by atoms with Crippen molar-refractivity contribution in [3.05, 3.63) is 24.4 Å². The summed E-state index contributed by atoms with van der Waals surface area (Å²) in [5.74, 6) is 0.605. The zero-order valence-electron chi connectivity index (χ0n) is 13.0. The van der Waals surface area contributed by atoms with Crippen LogP contribution in [0.5, 0.6) is 0 Å². The Morgan fingerprint density at radius 3 is 2.48 bits per heavy atom. The molecule has 1 N–H and O–H groups in total. The first-order chi connectivity index (χ1) is 9.87. The number of aliphatic hydroxyl groups is 1. The fraction of sp³-hybridized carbons (Fsp3) is 0.625. The molecular formula is C16H24N2O3. The third-order valence-corrected chi connectivity index (χ3v) is 3.52. The Morgan fingerprint density at radius 2 is 1.95 bits per heavy atom. The van der Waals surface area contributed by atoms with E-state index < -0.39 is 5.60 Å². The zero-order valence-corrected chi connectivity index (χ0v) is 13.0. The zero-order chi connectivity index (χ0) is 15.5. The summed E-state index contributed by atoms with van der Waals surface area (Å²) in [6, 6.07) is 5.52. The summed E-state index contributed by atoms with van der Waals surface area (Å²) in [6.45, 7) is 5.56. The molecule has 1 aliphatic rings. The molecule has 0 aliphatic heterocycles. The predicted octanol–water partition coefficient (Wildman–Crippen LogP) is 3.13. The second-order valence-corrected chi connectivity index (χ2v) is 6.50. The largest absolute Gasteiger partial charge is 0.443 e. The number of hydrogen-bond acceptors (Lipinski definition) is 4. The van der Waals surface area contributed by atoms with Gasteiger partial charge in [-0.15, -0.1) is 0 Å². The molecule has 0 radical (unpaired) electrons. The molecule has 1 aromatic rings. The minimum atomic E-state index is -0.543. The Hall–Kier alpha value is -1.62. The number of anilines is 1. The fourth-order valence-electron chi connectivity index (χ4n) is 2.55. The van der Waals surface area contributed by atoms with Crippen LogP contribution in [0.1, 0.15) is 46.5 Å². The van der Waals surface area contributed by atoms with Crippen LogP contribution in [-0.2, 0) is 4.74 Å². The van der Waals surface area contributed by atoms with Crippen LogP contribution in [0.4, 0.5) is 10.6 Å². The minimum Gasteiger partial charge on any atom is -0.443 e. The summed E-state index contributed by atoms with van der Waals surface area (Å²) >= 11 is 0. The maximum atomic E-state index is 12.5. The number of nitrogens with zero attached hydrogens (tertiary/aromatic N) is 2. The number of pyridine rings is 1. The van der Waals surface area contributed by atoms with E-state index in [4.69, 9.17) is 4.74 Å². The van der Waals surface area contributed by atoms with Crippen molar-refractivity contribution < 1.29 is 14.6 Å². The number of amides is 1. The lowest BCUT2D eigenvalue weighted by molar-refractivity contribution is 0.0533. The van der Waals surface area contributed by atoms with Crippen molar-refractivity contribution in [3.63, 3.8) is 0 Å². The molecule has 5 heteroatoms. The van der Waals surface area contributed by atoms with Gasteiger partial charge in [0.05, 0.1) is 6.10 Å². The van der Waals surface area contributed by atoms with Crippen molar-refractivity contribution in [2.45, 2.75) is 64.2 Å². The van der Waals surface area contributed by atoms with E-state index in [9.17, 15) is 9.90 Å². The quantitative estimate of drug-likeness (QED) is 0.909. The Bertz CT molecular complexity index is 462. The van der Waals surface area contributed by atoms with Gasteiger partial charge in [0.15, 0.2) is 0 Å². The summed E-state index contributed by atoms with van der Waals surface area (Å²) in [6.07, 6.45) is 3.97. The van der Waals surface area contributed by atoms with Crippen molar-refractivity contribution >= 4 is 11.9 Å². The highest BCUT2D eigenvalue weighted by molar-refractivity contribution is 5.87. The molecule has 1 aliphatic carbocycles. The SMILES string of the molecule is CC(C)(C)OC(=O)N(c1ccccn1)C1CCC(O)CC1. The van der Waals surface area contributed by atoms with Gasteiger partial charge in [0.25, 0.3) is 0 Å². The van der Waals surface area contributed by atoms with Gasteiger partial charge in [-0.25, -0.2) is 9.78 Å². The lowest BCUT2D eigenvalue weighted by atomic mass is 9.92. The number of aliphatic hydroxyl groups excluding tert-OH is 1. The number of aromatic nitrogens is 1. The summed E-state index contributed by atoms with van der Waals surface area (Å²) in [4.78, 5) is 18.5. The van der Waals surface area contributed by atoms with Crippen LogP contribution in [0.15, 0.2) is 24.4 Å². The van der Waals surface area contributed by atoms with Crippen LogP contribution in [0, 0.1) is 0 Å². The van der Waals surface area contributed by atoms with Crippen molar-refractivity contribution in [1.82, 2.24) is 4.98 Å². The first kappa shape index (κ1) is 15.8. The molecule has 0 saturated heterocycles. The van der Waals surface area contributed by atoms with Crippen molar-refractivity contribution in [1.29, 1.82) is 0 Å². The van der Waals surface area contributed by atoms with E-state index in [1.165, 1.54) is 0 Å². The molecule has 0 atom stereocenters. The molecule has 0 unspecified atom stereocenters. The van der Waals surface area contributed by atoms with Gasteiger partial charge in [0.1, 0.15) is 11.4 Å². The molecule has 1 amide bonds. The molecule has 0 aromatic carbocycles. The number of hydrogen-bond donors (Lipinski definition) is 1. The van der Waals surface area contributed by atoms with Crippen molar-refractivity contribution in [3.8, 4) is 0 Å². The van der Waals surface area contributed by atoms with Crippen LogP contribution in [0.25, 0.3) is 0 Å². The molecule has 1 aromatic heterocycles. The minimum absolute atomic E-state index is 0.0261. The molecule has 21 heavy (non-hydrogen) atoms. The Kier molecular flexibility index (Phi) is 4.83. The number of carbonyl (C=O) groups excluding carboxylic acids is 1. The lowest BCUT2D eigenvalue weighted by Gasteiger charge is -2.35. The van der Waals surface area contributed by atoms with Gasteiger partial charge in [-0.1, -0.05) is 6.07 Å². The first-order valence-corrected chi connectivity index (χ1v) is 7.48. The highest BCUT2D eigenvalue weighted by Crippen LogP contribution is 2.28. The first-order valence-electron chi connectivity index (χ1n) is 7.48. The Morgan fingerprint density at radius 1 is 1.29 bits per heavy atom. The van der Waals surface area contributed by atoms with Crippen molar-refractivity contribution in [2.75, 3.05) is 4.90 Å². The summed E-state index contributed by atoms with van der Waals surface area (Å²) in [5.41, 5.74) is -0.543. The van der Waals surface area contributed by atoms with Crippen LogP contribution >= 0.6 is 0 Å². The summed E-state index contributed by atoms with van der Waals surface area (Å²) in [7, 11) is 0. The third kappa shape index (κ3) is 4.43. The highest BCUT2D eigenvalue weighted by Gasteiger charge is 2.33. The van der Waals surface area contributed by atoms with E-state index in [0.29, 0.717) is 18.7 Å². The molecule has 1 fully saturated rings. The molecule has 2 rings (SSSR count). The van der Waals surface area contributed by atoms with E-state index in [0.717, 1.165) is 12.8 Å². The van der Waals surface area contributed by atoms with Gasteiger partial charge < -0.3 is 9.84 Å². The van der Waals surface area contributed by atoms with E-state index in [1.54, 1.807) is 11.1 Å². The average molecular weight is 292 g/mol. The number of carbonyl (C=O) groups is 1. The lowest BCUT2D eigenvalue weighted by Crippen LogP contribution is -2.46. The Balaban J connectivity index is 2.20. The summed E-state index contributed by atoms with van der Waals surface area (Å²) in [5, 5.41) is 9.65. The summed E-state index contributed by atoms with van der Waals surface area (Å²) < 4.78 is 5.52. The van der Waals surface area contributed by atoms with Crippen LogP contribution < -0.4 is 4.90 Å². The molecule has 1 saturated carbocycles. The molecule has 5 nitrogen and oxygen atoms in total. The molecule has 0 bridgehead atoms. The Labute approximate surface area is 125 Å². The standard InChI is InChI=1S/C16H24N2O3/c1-16(2,3)21-15(20)18(14-6-4-5-11-17-14)12-7-9-13(19)10-8-12/h4-6,11-13,19H,7-10H2,1-3H3. The van der Waals surface area contributed by atoms with E-state index in [2.05, 4.69) is 4.98 Å². The monoisotopic (exact) mass is 292 g/mol. The number of rotatable bonds is 2. The second-order valence-electron chi connectivity index (χ2n) is 6.50. The second kappa shape index (κ2) is 6.43. The van der Waals surface area contributed by atoms with Crippen LogP contribution in [0.3, 0.4) is 0 Å². The topological polar surface area (TPSA) is 62.7 Å². The van der Waals surface area contributed by atoms with Crippen LogP contribution in [-0.4, -0.2) is 33.9 Å². The fourth-order valence-corrected chi connectivity index (χ4v) is 2.55. The average Bonchev–Trinajstić information content (AvgIpc) is 2.40. The van der Waals surface area contributed by atoms with Crippen molar-refractivity contribution in [2.24, 2.45) is 0 Å². The van der Waals surface area contributed by atoms with Gasteiger partial charge in [-0.3, -0.25) is 4.90 Å². The molecule has 116 valence electrons. The predicted molar refractivity (Wildman–Crippen MR) is 81.2 cm³/mol. The van der Waals surface area contributed by atoms with Gasteiger partial charge in [0, 0.05) is 12.2 Å². The van der Waals surface area contributed by atoms with Crippen LogP contribution in [0.2, 0.25) is 0 Å². The number of ether oxygens (including phenoxy) is 1. The smallest absolute Gasteiger partial charge is 0.416 e. The van der Waals surface area contributed by atoms with Gasteiger partial charge >= 0.3 is 6.09 Å². The molecular weight excluding hydrogens is 268 g/mol. The molecule has 1 heterocycles.